The Bertz CT molecular complexity index is 585. The molecule has 0 spiro atoms. The van der Waals surface area contributed by atoms with E-state index in [1.54, 1.807) is 0 Å². The quantitative estimate of drug-likeness (QED) is 0.802. The molecule has 3 rings (SSSR count). The third-order valence-corrected chi connectivity index (χ3v) is 3.88. The van der Waals surface area contributed by atoms with Crippen molar-refractivity contribution in [1.29, 1.82) is 0 Å². The Morgan fingerprint density at radius 3 is 2.74 bits per heavy atom. The van der Waals surface area contributed by atoms with Gasteiger partial charge >= 0.3 is 0 Å². The highest BCUT2D eigenvalue weighted by Gasteiger charge is 2.17. The van der Waals surface area contributed by atoms with Gasteiger partial charge in [0.25, 0.3) is 0 Å². The van der Waals surface area contributed by atoms with E-state index < -0.39 is 0 Å². The number of halogens is 2. The van der Waals surface area contributed by atoms with E-state index in [1.165, 1.54) is 11.1 Å². The zero-order chi connectivity index (χ0) is 13.2. The van der Waals surface area contributed by atoms with E-state index in [4.69, 9.17) is 16.3 Å². The second-order valence-corrected chi connectivity index (χ2v) is 5.99. The molecule has 0 bridgehead atoms. The van der Waals surface area contributed by atoms with Crippen molar-refractivity contribution in [2.24, 2.45) is 0 Å². The number of nitrogens with zero attached hydrogens (tertiary/aromatic N) is 1. The molecule has 1 aliphatic heterocycles. The van der Waals surface area contributed by atoms with Gasteiger partial charge < -0.3 is 4.74 Å². The SMILES string of the molecule is Clc1ccc(CN2COc3ccc(Br)cc3C2)cc1. The van der Waals surface area contributed by atoms with Crippen molar-refractivity contribution in [1.82, 2.24) is 4.90 Å². The fraction of sp³-hybridized carbons (Fsp3) is 0.200. The van der Waals surface area contributed by atoms with Crippen LogP contribution in [-0.2, 0) is 13.1 Å². The van der Waals surface area contributed by atoms with Crippen LogP contribution in [0.15, 0.2) is 46.9 Å². The van der Waals surface area contributed by atoms with E-state index in [2.05, 4.69) is 39.0 Å². The molecule has 1 aliphatic rings. The maximum Gasteiger partial charge on any atom is 0.142 e. The Kier molecular flexibility index (Phi) is 3.78. The van der Waals surface area contributed by atoms with Crippen LogP contribution in [0.5, 0.6) is 5.75 Å². The van der Waals surface area contributed by atoms with Gasteiger partial charge in [-0.3, -0.25) is 4.90 Å². The van der Waals surface area contributed by atoms with E-state index in [0.717, 1.165) is 28.3 Å². The Labute approximate surface area is 126 Å². The molecule has 0 aliphatic carbocycles. The summed E-state index contributed by atoms with van der Waals surface area (Å²) in [7, 11) is 0. The van der Waals surface area contributed by atoms with Crippen molar-refractivity contribution < 1.29 is 4.74 Å². The predicted molar refractivity (Wildman–Crippen MR) is 80.3 cm³/mol. The fourth-order valence-corrected chi connectivity index (χ4v) is 2.74. The highest BCUT2D eigenvalue weighted by molar-refractivity contribution is 9.10. The third kappa shape index (κ3) is 3.11. The fourth-order valence-electron chi connectivity index (χ4n) is 2.21. The molecule has 1 heterocycles. The molecule has 0 saturated carbocycles. The summed E-state index contributed by atoms with van der Waals surface area (Å²) in [6, 6.07) is 14.1. The van der Waals surface area contributed by atoms with Crippen molar-refractivity contribution in [2.45, 2.75) is 13.1 Å². The molecule has 0 radical (unpaired) electrons. The van der Waals surface area contributed by atoms with Crippen molar-refractivity contribution in [2.75, 3.05) is 6.73 Å². The molecule has 19 heavy (non-hydrogen) atoms. The Hall–Kier alpha value is -1.03. The highest BCUT2D eigenvalue weighted by Crippen LogP contribution is 2.28. The van der Waals surface area contributed by atoms with Crippen LogP contribution < -0.4 is 4.74 Å². The summed E-state index contributed by atoms with van der Waals surface area (Å²) in [6.07, 6.45) is 0. The van der Waals surface area contributed by atoms with Gasteiger partial charge in [-0.05, 0) is 35.9 Å². The second-order valence-electron chi connectivity index (χ2n) is 4.64. The molecule has 0 aromatic heterocycles. The predicted octanol–water partition coefficient (Wildman–Crippen LogP) is 4.45. The summed E-state index contributed by atoms with van der Waals surface area (Å²) in [5.41, 5.74) is 2.46. The van der Waals surface area contributed by atoms with Gasteiger partial charge in [0, 0.05) is 28.1 Å². The van der Waals surface area contributed by atoms with Crippen LogP contribution in [0.2, 0.25) is 5.02 Å². The summed E-state index contributed by atoms with van der Waals surface area (Å²) >= 11 is 9.39. The van der Waals surface area contributed by atoms with Gasteiger partial charge in [-0.15, -0.1) is 0 Å². The van der Waals surface area contributed by atoms with Gasteiger partial charge in [0.15, 0.2) is 0 Å². The molecule has 2 nitrogen and oxygen atoms in total. The molecule has 0 atom stereocenters. The Morgan fingerprint density at radius 1 is 1.16 bits per heavy atom. The van der Waals surface area contributed by atoms with Gasteiger partial charge in [-0.1, -0.05) is 39.7 Å². The van der Waals surface area contributed by atoms with Gasteiger partial charge in [0.05, 0.1) is 0 Å². The monoisotopic (exact) mass is 337 g/mol. The topological polar surface area (TPSA) is 12.5 Å². The van der Waals surface area contributed by atoms with Gasteiger partial charge in [-0.25, -0.2) is 0 Å². The summed E-state index contributed by atoms with van der Waals surface area (Å²) in [5, 5.41) is 0.771. The first-order valence-corrected chi connectivity index (χ1v) is 7.26. The van der Waals surface area contributed by atoms with Gasteiger partial charge in [0.1, 0.15) is 12.5 Å². The van der Waals surface area contributed by atoms with E-state index in [9.17, 15) is 0 Å². The standard InChI is InChI=1S/C15H13BrClNO/c16-13-3-6-15-12(7-13)9-18(10-19-15)8-11-1-4-14(17)5-2-11/h1-7H,8-10H2. The average molecular weight is 339 g/mol. The lowest BCUT2D eigenvalue weighted by molar-refractivity contribution is 0.0887. The van der Waals surface area contributed by atoms with Crippen LogP contribution in [0.4, 0.5) is 0 Å². The normalized spacial score (nSPS) is 14.8. The number of hydrogen-bond donors (Lipinski definition) is 0. The van der Waals surface area contributed by atoms with Gasteiger partial charge in [0.2, 0.25) is 0 Å². The van der Waals surface area contributed by atoms with Crippen molar-refractivity contribution in [3.05, 3.63) is 63.1 Å². The first-order valence-electron chi connectivity index (χ1n) is 6.09. The zero-order valence-corrected chi connectivity index (χ0v) is 12.6. The van der Waals surface area contributed by atoms with E-state index in [-0.39, 0.29) is 0 Å². The molecule has 0 unspecified atom stereocenters. The third-order valence-electron chi connectivity index (χ3n) is 3.14. The second kappa shape index (κ2) is 5.53. The highest BCUT2D eigenvalue weighted by atomic mass is 79.9. The summed E-state index contributed by atoms with van der Waals surface area (Å²) < 4.78 is 6.85. The van der Waals surface area contributed by atoms with Crippen LogP contribution in [0.3, 0.4) is 0 Å². The molecular formula is C15H13BrClNO. The van der Waals surface area contributed by atoms with Crippen LogP contribution in [0, 0.1) is 0 Å². The molecule has 4 heteroatoms. The molecular weight excluding hydrogens is 326 g/mol. The summed E-state index contributed by atoms with van der Waals surface area (Å²) in [6.45, 7) is 2.39. The molecule has 98 valence electrons. The van der Waals surface area contributed by atoms with E-state index in [0.29, 0.717) is 6.73 Å². The Balaban J connectivity index is 1.73. The molecule has 2 aromatic carbocycles. The number of ether oxygens (including phenoxy) is 1. The zero-order valence-electron chi connectivity index (χ0n) is 10.3. The molecule has 0 N–H and O–H groups in total. The Morgan fingerprint density at radius 2 is 1.95 bits per heavy atom. The lowest BCUT2D eigenvalue weighted by Gasteiger charge is -2.29. The van der Waals surface area contributed by atoms with Crippen LogP contribution in [-0.4, -0.2) is 11.6 Å². The smallest absolute Gasteiger partial charge is 0.142 e. The van der Waals surface area contributed by atoms with E-state index in [1.807, 2.05) is 24.3 Å². The maximum atomic E-state index is 5.90. The number of hydrogen-bond acceptors (Lipinski definition) is 2. The first kappa shape index (κ1) is 13.0. The minimum atomic E-state index is 0.622. The van der Waals surface area contributed by atoms with Crippen LogP contribution in [0.25, 0.3) is 0 Å². The van der Waals surface area contributed by atoms with Gasteiger partial charge in [-0.2, -0.15) is 0 Å². The lowest BCUT2D eigenvalue weighted by atomic mass is 10.1. The van der Waals surface area contributed by atoms with Crippen molar-refractivity contribution in [3.63, 3.8) is 0 Å². The van der Waals surface area contributed by atoms with Crippen LogP contribution in [0.1, 0.15) is 11.1 Å². The molecule has 2 aromatic rings. The molecule has 0 fully saturated rings. The lowest BCUT2D eigenvalue weighted by Crippen LogP contribution is -2.31. The maximum absolute atomic E-state index is 5.90. The number of rotatable bonds is 2. The summed E-state index contributed by atoms with van der Waals surface area (Å²) in [5.74, 6) is 0.982. The first-order chi connectivity index (χ1) is 9.20. The molecule has 0 saturated heterocycles. The summed E-state index contributed by atoms with van der Waals surface area (Å²) in [4.78, 5) is 2.26. The minimum absolute atomic E-state index is 0.622. The average Bonchev–Trinajstić information content (AvgIpc) is 2.41. The largest absolute Gasteiger partial charge is 0.478 e. The van der Waals surface area contributed by atoms with Crippen LogP contribution >= 0.6 is 27.5 Å². The number of benzene rings is 2. The number of fused-ring (bicyclic) bond motifs is 1. The molecule has 0 amide bonds. The minimum Gasteiger partial charge on any atom is -0.478 e. The van der Waals surface area contributed by atoms with E-state index >= 15 is 0 Å². The van der Waals surface area contributed by atoms with Crippen molar-refractivity contribution in [3.8, 4) is 5.75 Å². The van der Waals surface area contributed by atoms with Crippen molar-refractivity contribution >= 4 is 27.5 Å².